The SMILES string of the molecule is CN(CCc1ccncc1)S(=O)(=O)c1ccc(C#N)s1. The van der Waals surface area contributed by atoms with Gasteiger partial charge in [0.1, 0.15) is 15.2 Å². The minimum atomic E-state index is -3.51. The number of aromatic nitrogens is 1. The first-order chi connectivity index (χ1) is 9.54. The molecule has 0 aliphatic carbocycles. The molecule has 0 aromatic carbocycles. The molecule has 0 saturated carbocycles. The van der Waals surface area contributed by atoms with Gasteiger partial charge in [-0.15, -0.1) is 11.3 Å². The molecule has 0 radical (unpaired) electrons. The van der Waals surface area contributed by atoms with Crippen LogP contribution in [0.2, 0.25) is 0 Å². The van der Waals surface area contributed by atoms with Gasteiger partial charge in [-0.3, -0.25) is 4.98 Å². The molecule has 0 atom stereocenters. The molecule has 20 heavy (non-hydrogen) atoms. The number of sulfonamides is 1. The molecular formula is C13H13N3O2S2. The predicted octanol–water partition coefficient (Wildman–Crippen LogP) is 1.88. The highest BCUT2D eigenvalue weighted by Crippen LogP contribution is 2.23. The molecule has 0 amide bonds. The molecule has 7 heteroatoms. The molecule has 0 bridgehead atoms. The van der Waals surface area contributed by atoms with Crippen LogP contribution in [0.3, 0.4) is 0 Å². The minimum absolute atomic E-state index is 0.200. The zero-order valence-corrected chi connectivity index (χ0v) is 12.5. The zero-order valence-electron chi connectivity index (χ0n) is 10.9. The molecule has 2 aromatic heterocycles. The first kappa shape index (κ1) is 14.7. The van der Waals surface area contributed by atoms with Crippen molar-refractivity contribution in [3.05, 3.63) is 47.1 Å². The summed E-state index contributed by atoms with van der Waals surface area (Å²) in [6.45, 7) is 0.381. The predicted molar refractivity (Wildman–Crippen MR) is 76.8 cm³/mol. The Labute approximate surface area is 122 Å². The third-order valence-electron chi connectivity index (χ3n) is 2.82. The van der Waals surface area contributed by atoms with Crippen LogP contribution in [0.1, 0.15) is 10.4 Å². The van der Waals surface area contributed by atoms with Gasteiger partial charge in [0.15, 0.2) is 0 Å². The highest BCUT2D eigenvalue weighted by Gasteiger charge is 2.22. The molecule has 2 aromatic rings. The molecule has 5 nitrogen and oxygen atoms in total. The molecule has 2 heterocycles. The summed E-state index contributed by atoms with van der Waals surface area (Å²) in [5.74, 6) is 0. The van der Waals surface area contributed by atoms with E-state index in [1.54, 1.807) is 19.4 Å². The number of pyridine rings is 1. The van der Waals surface area contributed by atoms with Crippen molar-refractivity contribution >= 4 is 21.4 Å². The van der Waals surface area contributed by atoms with Gasteiger partial charge < -0.3 is 0 Å². The molecule has 0 aliphatic rings. The topological polar surface area (TPSA) is 74.1 Å². The van der Waals surface area contributed by atoms with Crippen molar-refractivity contribution in [3.63, 3.8) is 0 Å². The molecule has 0 saturated heterocycles. The van der Waals surface area contributed by atoms with Gasteiger partial charge in [-0.1, -0.05) is 0 Å². The fourth-order valence-electron chi connectivity index (χ4n) is 1.63. The summed E-state index contributed by atoms with van der Waals surface area (Å²) >= 11 is 0.989. The fraction of sp³-hybridized carbons (Fsp3) is 0.231. The Bertz CT molecular complexity index is 718. The number of nitrogens with zero attached hydrogens (tertiary/aromatic N) is 3. The second-order valence-electron chi connectivity index (χ2n) is 4.16. The highest BCUT2D eigenvalue weighted by atomic mass is 32.2. The van der Waals surface area contributed by atoms with E-state index in [-0.39, 0.29) is 4.21 Å². The Morgan fingerprint density at radius 3 is 2.60 bits per heavy atom. The van der Waals surface area contributed by atoms with Crippen LogP contribution in [-0.4, -0.2) is 31.3 Å². The van der Waals surface area contributed by atoms with Crippen LogP contribution in [0, 0.1) is 11.3 Å². The molecule has 0 unspecified atom stereocenters. The Kier molecular flexibility index (Phi) is 4.49. The summed E-state index contributed by atoms with van der Waals surface area (Å²) in [7, 11) is -1.97. The lowest BCUT2D eigenvalue weighted by molar-refractivity contribution is 0.474. The average Bonchev–Trinajstić information content (AvgIpc) is 2.95. The minimum Gasteiger partial charge on any atom is -0.265 e. The van der Waals surface area contributed by atoms with E-state index in [1.807, 2.05) is 18.2 Å². The van der Waals surface area contributed by atoms with Crippen molar-refractivity contribution < 1.29 is 8.42 Å². The molecule has 0 aliphatic heterocycles. The van der Waals surface area contributed by atoms with Gasteiger partial charge >= 0.3 is 0 Å². The van der Waals surface area contributed by atoms with Gasteiger partial charge in [0.05, 0.1) is 0 Å². The maximum Gasteiger partial charge on any atom is 0.252 e. The van der Waals surface area contributed by atoms with Crippen LogP contribution in [0.5, 0.6) is 0 Å². The van der Waals surface area contributed by atoms with E-state index in [9.17, 15) is 8.42 Å². The number of hydrogen-bond donors (Lipinski definition) is 0. The van der Waals surface area contributed by atoms with Crippen LogP contribution >= 0.6 is 11.3 Å². The molecule has 0 spiro atoms. The van der Waals surface area contributed by atoms with Crippen molar-refractivity contribution in [1.82, 2.24) is 9.29 Å². The lowest BCUT2D eigenvalue weighted by Gasteiger charge is -2.15. The van der Waals surface area contributed by atoms with Crippen LogP contribution in [0.25, 0.3) is 0 Å². The number of rotatable bonds is 5. The first-order valence-corrected chi connectivity index (χ1v) is 8.15. The van der Waals surface area contributed by atoms with E-state index in [4.69, 9.17) is 5.26 Å². The molecule has 2 rings (SSSR count). The quantitative estimate of drug-likeness (QED) is 0.845. The maximum atomic E-state index is 12.3. The average molecular weight is 307 g/mol. The standard InChI is InChI=1S/C13H13N3O2S2/c1-16(9-6-11-4-7-15-8-5-11)20(17,18)13-3-2-12(10-14)19-13/h2-5,7-8H,6,9H2,1H3. The van der Waals surface area contributed by atoms with E-state index in [0.29, 0.717) is 17.8 Å². The van der Waals surface area contributed by atoms with E-state index >= 15 is 0 Å². The summed E-state index contributed by atoms with van der Waals surface area (Å²) in [5, 5.41) is 8.75. The third-order valence-corrected chi connectivity index (χ3v) is 6.13. The summed E-state index contributed by atoms with van der Waals surface area (Å²) in [6, 6.07) is 8.66. The normalized spacial score (nSPS) is 11.4. The second kappa shape index (κ2) is 6.13. The van der Waals surface area contributed by atoms with Gasteiger partial charge in [-0.25, -0.2) is 8.42 Å². The van der Waals surface area contributed by atoms with Crippen molar-refractivity contribution in [2.75, 3.05) is 13.6 Å². The zero-order chi connectivity index (χ0) is 14.6. The van der Waals surface area contributed by atoms with Gasteiger partial charge in [0, 0.05) is 26.0 Å². The molecule has 104 valence electrons. The fourth-order valence-corrected chi connectivity index (χ4v) is 4.11. The smallest absolute Gasteiger partial charge is 0.252 e. The molecule has 0 N–H and O–H groups in total. The lowest BCUT2D eigenvalue weighted by atomic mass is 10.2. The summed E-state index contributed by atoms with van der Waals surface area (Å²) < 4.78 is 26.1. The Morgan fingerprint density at radius 1 is 1.30 bits per heavy atom. The number of likely N-dealkylation sites (N-methyl/N-ethyl adjacent to an activating group) is 1. The van der Waals surface area contributed by atoms with E-state index in [1.165, 1.54) is 16.4 Å². The van der Waals surface area contributed by atoms with Crippen molar-refractivity contribution in [2.45, 2.75) is 10.6 Å². The Balaban J connectivity index is 2.08. The van der Waals surface area contributed by atoms with Crippen LogP contribution in [0.4, 0.5) is 0 Å². The van der Waals surface area contributed by atoms with Gasteiger partial charge in [0.25, 0.3) is 10.0 Å². The van der Waals surface area contributed by atoms with Crippen molar-refractivity contribution in [2.24, 2.45) is 0 Å². The maximum absolute atomic E-state index is 12.3. The van der Waals surface area contributed by atoms with E-state index in [2.05, 4.69) is 4.98 Å². The summed E-state index contributed by atoms with van der Waals surface area (Å²) in [5.41, 5.74) is 1.03. The lowest BCUT2D eigenvalue weighted by Crippen LogP contribution is -2.28. The van der Waals surface area contributed by atoms with Crippen molar-refractivity contribution in [3.8, 4) is 6.07 Å². The van der Waals surface area contributed by atoms with Gasteiger partial charge in [0.2, 0.25) is 0 Å². The van der Waals surface area contributed by atoms with Crippen LogP contribution in [0.15, 0.2) is 40.9 Å². The largest absolute Gasteiger partial charge is 0.265 e. The summed E-state index contributed by atoms with van der Waals surface area (Å²) in [4.78, 5) is 4.31. The number of hydrogen-bond acceptors (Lipinski definition) is 5. The monoisotopic (exact) mass is 307 g/mol. The third kappa shape index (κ3) is 3.22. The van der Waals surface area contributed by atoms with Crippen LogP contribution in [-0.2, 0) is 16.4 Å². The van der Waals surface area contributed by atoms with E-state index in [0.717, 1.165) is 16.9 Å². The highest BCUT2D eigenvalue weighted by molar-refractivity contribution is 7.91. The van der Waals surface area contributed by atoms with Gasteiger partial charge in [-0.2, -0.15) is 9.57 Å². The van der Waals surface area contributed by atoms with Crippen molar-refractivity contribution in [1.29, 1.82) is 5.26 Å². The van der Waals surface area contributed by atoms with E-state index < -0.39 is 10.0 Å². The van der Waals surface area contributed by atoms with Crippen LogP contribution < -0.4 is 0 Å². The molecular weight excluding hydrogens is 294 g/mol. The molecule has 0 fully saturated rings. The first-order valence-electron chi connectivity index (χ1n) is 5.89. The number of thiophene rings is 1. The van der Waals surface area contributed by atoms with Gasteiger partial charge in [-0.05, 0) is 36.2 Å². The summed E-state index contributed by atoms with van der Waals surface area (Å²) in [6.07, 6.45) is 3.99. The number of nitriles is 1. The second-order valence-corrected chi connectivity index (χ2v) is 7.52. The Hall–Kier alpha value is -1.75. The Morgan fingerprint density at radius 2 is 2.00 bits per heavy atom.